The molecule has 0 aliphatic carbocycles. The number of anilines is 2. The molecule has 7 heteroatoms. The third-order valence-electron chi connectivity index (χ3n) is 1.99. The lowest BCUT2D eigenvalue weighted by Crippen LogP contribution is -2.13. The summed E-state index contributed by atoms with van der Waals surface area (Å²) in [4.78, 5) is 15.4. The van der Waals surface area contributed by atoms with Gasteiger partial charge in [-0.1, -0.05) is 0 Å². The lowest BCUT2D eigenvalue weighted by molar-refractivity contribution is 0.102. The maximum atomic E-state index is 13.1. The number of benzene rings is 1. The Labute approximate surface area is 99.1 Å². The van der Waals surface area contributed by atoms with Crippen LogP contribution in [0.2, 0.25) is 0 Å². The van der Waals surface area contributed by atoms with Gasteiger partial charge in [0, 0.05) is 17.1 Å². The number of nitrogen functional groups attached to an aromatic ring is 1. The van der Waals surface area contributed by atoms with Crippen molar-refractivity contribution in [2.75, 3.05) is 11.1 Å². The summed E-state index contributed by atoms with van der Waals surface area (Å²) >= 11 is 1.20. The Bertz CT molecular complexity index is 534. The third kappa shape index (κ3) is 2.39. The first-order chi connectivity index (χ1) is 8.08. The molecule has 0 aliphatic heterocycles. The van der Waals surface area contributed by atoms with Crippen LogP contribution in [0.25, 0.3) is 0 Å². The van der Waals surface area contributed by atoms with Gasteiger partial charge in [-0.3, -0.25) is 10.1 Å². The molecular formula is C10H7F2N3OS. The number of rotatable bonds is 2. The average Bonchev–Trinajstić information content (AvgIpc) is 2.77. The van der Waals surface area contributed by atoms with Gasteiger partial charge in [-0.15, -0.1) is 11.3 Å². The van der Waals surface area contributed by atoms with Crippen molar-refractivity contribution in [1.82, 2.24) is 4.98 Å². The summed E-state index contributed by atoms with van der Waals surface area (Å²) in [7, 11) is 0. The first kappa shape index (κ1) is 11.5. The molecule has 17 heavy (non-hydrogen) atoms. The van der Waals surface area contributed by atoms with E-state index in [1.807, 2.05) is 0 Å². The zero-order valence-corrected chi connectivity index (χ0v) is 9.22. The van der Waals surface area contributed by atoms with Crippen LogP contribution in [0.1, 0.15) is 10.4 Å². The van der Waals surface area contributed by atoms with Gasteiger partial charge in [0.25, 0.3) is 5.91 Å². The number of aromatic nitrogens is 1. The fraction of sp³-hybridized carbons (Fsp3) is 0. The average molecular weight is 255 g/mol. The summed E-state index contributed by atoms with van der Waals surface area (Å²) in [6, 6.07) is 1.75. The molecule has 1 amide bonds. The van der Waals surface area contributed by atoms with Crippen molar-refractivity contribution in [2.45, 2.75) is 0 Å². The number of halogens is 2. The zero-order chi connectivity index (χ0) is 12.4. The molecule has 4 nitrogen and oxygen atoms in total. The normalized spacial score (nSPS) is 10.2. The van der Waals surface area contributed by atoms with Gasteiger partial charge in [0.2, 0.25) is 0 Å². The summed E-state index contributed by atoms with van der Waals surface area (Å²) in [5.41, 5.74) is 4.35. The number of hydrogen-bond donors (Lipinski definition) is 2. The van der Waals surface area contributed by atoms with Crippen molar-refractivity contribution in [2.24, 2.45) is 0 Å². The van der Waals surface area contributed by atoms with E-state index in [1.54, 1.807) is 5.38 Å². The van der Waals surface area contributed by atoms with Crippen LogP contribution in [0.4, 0.5) is 19.6 Å². The molecule has 0 fully saturated rings. The summed E-state index contributed by atoms with van der Waals surface area (Å²) in [6.45, 7) is 0. The van der Waals surface area contributed by atoms with Crippen LogP contribution in [0.3, 0.4) is 0 Å². The number of nitrogens with two attached hydrogens (primary N) is 1. The van der Waals surface area contributed by atoms with E-state index in [0.29, 0.717) is 5.13 Å². The van der Waals surface area contributed by atoms with Gasteiger partial charge in [0.05, 0.1) is 0 Å². The summed E-state index contributed by atoms with van der Waals surface area (Å²) in [5, 5.41) is 4.43. The van der Waals surface area contributed by atoms with E-state index in [4.69, 9.17) is 5.73 Å². The van der Waals surface area contributed by atoms with Crippen LogP contribution >= 0.6 is 11.3 Å². The molecule has 0 bridgehead atoms. The number of hydrogen-bond acceptors (Lipinski definition) is 4. The number of amides is 1. The highest BCUT2D eigenvalue weighted by molar-refractivity contribution is 7.13. The van der Waals surface area contributed by atoms with Gasteiger partial charge in [0.1, 0.15) is 17.3 Å². The Morgan fingerprint density at radius 2 is 2.00 bits per heavy atom. The highest BCUT2D eigenvalue weighted by atomic mass is 32.1. The van der Waals surface area contributed by atoms with Crippen molar-refractivity contribution >= 4 is 28.1 Å². The summed E-state index contributed by atoms with van der Waals surface area (Å²) < 4.78 is 26.2. The second-order valence-corrected chi connectivity index (χ2v) is 4.04. The summed E-state index contributed by atoms with van der Waals surface area (Å²) in [5.74, 6) is -2.57. The minimum Gasteiger partial charge on any atom is -0.394 e. The van der Waals surface area contributed by atoms with Crippen molar-refractivity contribution < 1.29 is 13.6 Å². The second kappa shape index (κ2) is 4.46. The minimum absolute atomic E-state index is 0.149. The molecular weight excluding hydrogens is 248 g/mol. The van der Waals surface area contributed by atoms with E-state index in [-0.39, 0.29) is 5.56 Å². The highest BCUT2D eigenvalue weighted by Gasteiger charge is 2.13. The largest absolute Gasteiger partial charge is 0.394 e. The molecule has 0 unspecified atom stereocenters. The van der Waals surface area contributed by atoms with E-state index >= 15 is 0 Å². The SMILES string of the molecule is Nc1c(F)cc(C(=O)Nc2nccs2)cc1F. The molecule has 2 rings (SSSR count). The van der Waals surface area contributed by atoms with E-state index in [9.17, 15) is 13.6 Å². The maximum absolute atomic E-state index is 13.1. The number of carbonyl (C=O) groups is 1. The smallest absolute Gasteiger partial charge is 0.257 e. The molecule has 3 N–H and O–H groups in total. The predicted octanol–water partition coefficient (Wildman–Crippen LogP) is 2.26. The molecule has 0 saturated carbocycles. The maximum Gasteiger partial charge on any atom is 0.257 e. The first-order valence-electron chi connectivity index (χ1n) is 4.53. The molecule has 0 saturated heterocycles. The Morgan fingerprint density at radius 3 is 2.53 bits per heavy atom. The van der Waals surface area contributed by atoms with Crippen LogP contribution in [-0.2, 0) is 0 Å². The number of nitrogens with one attached hydrogen (secondary N) is 1. The Morgan fingerprint density at radius 1 is 1.35 bits per heavy atom. The standard InChI is InChI=1S/C10H7F2N3OS/c11-6-3-5(4-7(12)8(6)13)9(16)15-10-14-1-2-17-10/h1-4H,13H2,(H,14,15,16). The van der Waals surface area contributed by atoms with E-state index in [0.717, 1.165) is 12.1 Å². The van der Waals surface area contributed by atoms with Crippen LogP contribution in [0.5, 0.6) is 0 Å². The molecule has 0 radical (unpaired) electrons. The molecule has 1 aromatic carbocycles. The minimum atomic E-state index is -0.964. The topological polar surface area (TPSA) is 68.0 Å². The van der Waals surface area contributed by atoms with E-state index in [2.05, 4.69) is 10.3 Å². The van der Waals surface area contributed by atoms with Gasteiger partial charge in [0.15, 0.2) is 5.13 Å². The van der Waals surface area contributed by atoms with Gasteiger partial charge in [-0.05, 0) is 12.1 Å². The van der Waals surface area contributed by atoms with Crippen molar-refractivity contribution in [1.29, 1.82) is 0 Å². The van der Waals surface area contributed by atoms with E-state index < -0.39 is 23.2 Å². The molecule has 2 aromatic rings. The fourth-order valence-electron chi connectivity index (χ4n) is 1.17. The molecule has 88 valence electrons. The number of carbonyl (C=O) groups excluding carboxylic acids is 1. The van der Waals surface area contributed by atoms with Gasteiger partial charge in [-0.25, -0.2) is 13.8 Å². The van der Waals surface area contributed by atoms with Gasteiger partial charge in [-0.2, -0.15) is 0 Å². The Balaban J connectivity index is 2.26. The Kier molecular flexibility index (Phi) is 3.01. The zero-order valence-electron chi connectivity index (χ0n) is 8.41. The first-order valence-corrected chi connectivity index (χ1v) is 5.41. The quantitative estimate of drug-likeness (QED) is 0.809. The van der Waals surface area contributed by atoms with Crippen molar-refractivity contribution in [3.63, 3.8) is 0 Å². The predicted molar refractivity (Wildman–Crippen MR) is 60.8 cm³/mol. The lowest BCUT2D eigenvalue weighted by atomic mass is 10.2. The van der Waals surface area contributed by atoms with Crippen molar-refractivity contribution in [3.8, 4) is 0 Å². The highest BCUT2D eigenvalue weighted by Crippen LogP contribution is 2.19. The molecule has 0 atom stereocenters. The third-order valence-corrected chi connectivity index (χ3v) is 2.68. The van der Waals surface area contributed by atoms with Crippen LogP contribution in [0, 0.1) is 11.6 Å². The van der Waals surface area contributed by atoms with Crippen molar-refractivity contribution in [3.05, 3.63) is 40.9 Å². The molecule has 0 aliphatic rings. The van der Waals surface area contributed by atoms with Crippen LogP contribution in [0.15, 0.2) is 23.7 Å². The number of thiazole rings is 1. The van der Waals surface area contributed by atoms with Crippen LogP contribution < -0.4 is 11.1 Å². The van der Waals surface area contributed by atoms with E-state index in [1.165, 1.54) is 17.5 Å². The van der Waals surface area contributed by atoms with Gasteiger partial charge < -0.3 is 5.73 Å². The monoisotopic (exact) mass is 255 g/mol. The van der Waals surface area contributed by atoms with Crippen LogP contribution in [-0.4, -0.2) is 10.9 Å². The summed E-state index contributed by atoms with van der Waals surface area (Å²) in [6.07, 6.45) is 1.50. The second-order valence-electron chi connectivity index (χ2n) is 3.14. The van der Waals surface area contributed by atoms with Gasteiger partial charge >= 0.3 is 0 Å². The molecule has 1 heterocycles. The fourth-order valence-corrected chi connectivity index (χ4v) is 1.69. The molecule has 0 spiro atoms. The number of nitrogens with zero attached hydrogens (tertiary/aromatic N) is 1. The molecule has 1 aromatic heterocycles. The lowest BCUT2D eigenvalue weighted by Gasteiger charge is -2.04. The Hall–Kier alpha value is -2.02.